The molecule has 0 heterocycles. The van der Waals surface area contributed by atoms with Crippen molar-refractivity contribution >= 4 is 0 Å². The van der Waals surface area contributed by atoms with Gasteiger partial charge in [0.15, 0.2) is 0 Å². The molecule has 1 unspecified atom stereocenters. The topological polar surface area (TPSA) is 35.8 Å². The molecule has 1 aromatic carbocycles. The van der Waals surface area contributed by atoms with Gasteiger partial charge in [0.2, 0.25) is 0 Å². The monoisotopic (exact) mass is 232 g/mol. The van der Waals surface area contributed by atoms with Gasteiger partial charge in [0.1, 0.15) is 11.9 Å². The van der Waals surface area contributed by atoms with Crippen LogP contribution in [0.4, 0.5) is 17.6 Å². The van der Waals surface area contributed by atoms with Crippen LogP contribution in [0.3, 0.4) is 0 Å². The molecular formula is C10H8F4N2. The van der Waals surface area contributed by atoms with Gasteiger partial charge in [0, 0.05) is 5.56 Å². The highest BCUT2D eigenvalue weighted by Gasteiger charge is 2.28. The summed E-state index contributed by atoms with van der Waals surface area (Å²) in [6, 6.07) is 5.50. The molecule has 0 radical (unpaired) electrons. The molecule has 16 heavy (non-hydrogen) atoms. The SMILES string of the molecule is N#CC(NCC(F)(F)F)c1ccccc1F. The molecule has 0 saturated heterocycles. The van der Waals surface area contributed by atoms with Gasteiger partial charge in [-0.25, -0.2) is 4.39 Å². The van der Waals surface area contributed by atoms with Gasteiger partial charge in [-0.15, -0.1) is 0 Å². The fourth-order valence-electron chi connectivity index (χ4n) is 1.15. The van der Waals surface area contributed by atoms with Crippen molar-refractivity contribution in [3.8, 4) is 6.07 Å². The van der Waals surface area contributed by atoms with E-state index in [1.807, 2.05) is 5.32 Å². The lowest BCUT2D eigenvalue weighted by Gasteiger charge is -2.14. The smallest absolute Gasteiger partial charge is 0.290 e. The van der Waals surface area contributed by atoms with Crippen molar-refractivity contribution in [3.05, 3.63) is 35.6 Å². The maximum absolute atomic E-state index is 13.2. The van der Waals surface area contributed by atoms with Crippen molar-refractivity contribution in [2.24, 2.45) is 0 Å². The molecule has 0 spiro atoms. The van der Waals surface area contributed by atoms with E-state index >= 15 is 0 Å². The lowest BCUT2D eigenvalue weighted by atomic mass is 10.1. The van der Waals surface area contributed by atoms with Gasteiger partial charge in [-0.1, -0.05) is 18.2 Å². The average Bonchev–Trinajstić information content (AvgIpc) is 2.20. The van der Waals surface area contributed by atoms with E-state index in [2.05, 4.69) is 0 Å². The molecule has 1 rings (SSSR count). The van der Waals surface area contributed by atoms with Gasteiger partial charge in [0.25, 0.3) is 0 Å². The molecule has 0 aromatic heterocycles. The number of alkyl halides is 3. The summed E-state index contributed by atoms with van der Waals surface area (Å²) >= 11 is 0. The van der Waals surface area contributed by atoms with Gasteiger partial charge < -0.3 is 0 Å². The number of hydrogen-bond donors (Lipinski definition) is 1. The Kier molecular flexibility index (Phi) is 3.85. The predicted molar refractivity (Wildman–Crippen MR) is 48.8 cm³/mol. The first-order valence-electron chi connectivity index (χ1n) is 4.38. The van der Waals surface area contributed by atoms with Crippen molar-refractivity contribution in [2.75, 3.05) is 6.54 Å². The van der Waals surface area contributed by atoms with Crippen LogP contribution in [0.25, 0.3) is 0 Å². The van der Waals surface area contributed by atoms with Gasteiger partial charge in [-0.05, 0) is 6.07 Å². The Morgan fingerprint density at radius 2 is 1.94 bits per heavy atom. The van der Waals surface area contributed by atoms with Crippen LogP contribution < -0.4 is 5.32 Å². The Labute approximate surface area is 89.5 Å². The number of benzene rings is 1. The highest BCUT2D eigenvalue weighted by Crippen LogP contribution is 2.19. The second kappa shape index (κ2) is 4.94. The Morgan fingerprint density at radius 3 is 2.44 bits per heavy atom. The van der Waals surface area contributed by atoms with Gasteiger partial charge >= 0.3 is 6.18 Å². The van der Waals surface area contributed by atoms with Crippen molar-refractivity contribution < 1.29 is 17.6 Å². The second-order valence-corrected chi connectivity index (χ2v) is 3.08. The minimum Gasteiger partial charge on any atom is -0.290 e. The highest BCUT2D eigenvalue weighted by atomic mass is 19.4. The van der Waals surface area contributed by atoms with Crippen molar-refractivity contribution in [2.45, 2.75) is 12.2 Å². The summed E-state index contributed by atoms with van der Waals surface area (Å²) in [4.78, 5) is 0. The lowest BCUT2D eigenvalue weighted by molar-refractivity contribution is -0.125. The summed E-state index contributed by atoms with van der Waals surface area (Å²) in [6.45, 7) is -1.33. The normalized spacial score (nSPS) is 13.2. The summed E-state index contributed by atoms with van der Waals surface area (Å²) in [5.74, 6) is -0.705. The van der Waals surface area contributed by atoms with Crippen LogP contribution in [-0.4, -0.2) is 12.7 Å². The summed E-state index contributed by atoms with van der Waals surface area (Å²) in [5.41, 5.74) is -0.0887. The third-order valence-corrected chi connectivity index (χ3v) is 1.85. The molecule has 86 valence electrons. The number of nitrogens with one attached hydrogen (secondary N) is 1. The van der Waals surface area contributed by atoms with Crippen LogP contribution in [0.1, 0.15) is 11.6 Å². The molecule has 0 bridgehead atoms. The van der Waals surface area contributed by atoms with E-state index in [4.69, 9.17) is 5.26 Å². The molecule has 1 aromatic rings. The molecule has 0 aliphatic heterocycles. The lowest BCUT2D eigenvalue weighted by Crippen LogP contribution is -2.31. The van der Waals surface area contributed by atoms with E-state index in [1.165, 1.54) is 18.2 Å². The number of hydrogen-bond acceptors (Lipinski definition) is 2. The summed E-state index contributed by atoms with van der Waals surface area (Å²) in [6.07, 6.45) is -4.43. The molecule has 1 atom stereocenters. The first-order chi connectivity index (χ1) is 7.44. The zero-order valence-electron chi connectivity index (χ0n) is 8.05. The van der Waals surface area contributed by atoms with E-state index in [0.29, 0.717) is 0 Å². The molecule has 1 N–H and O–H groups in total. The fraction of sp³-hybridized carbons (Fsp3) is 0.300. The quantitative estimate of drug-likeness (QED) is 0.813. The van der Waals surface area contributed by atoms with Crippen molar-refractivity contribution in [3.63, 3.8) is 0 Å². The summed E-state index contributed by atoms with van der Waals surface area (Å²) in [5, 5.41) is 10.6. The second-order valence-electron chi connectivity index (χ2n) is 3.08. The first-order valence-corrected chi connectivity index (χ1v) is 4.38. The standard InChI is InChI=1S/C10H8F4N2/c11-8-4-2-1-3-7(8)9(5-15)16-6-10(12,13)14/h1-4,9,16H,6H2. The number of nitriles is 1. The van der Waals surface area contributed by atoms with Crippen LogP contribution >= 0.6 is 0 Å². The number of halogens is 4. The van der Waals surface area contributed by atoms with Crippen molar-refractivity contribution in [1.82, 2.24) is 5.32 Å². The molecule has 0 fully saturated rings. The third kappa shape index (κ3) is 3.51. The minimum atomic E-state index is -4.43. The molecule has 2 nitrogen and oxygen atoms in total. The largest absolute Gasteiger partial charge is 0.401 e. The average molecular weight is 232 g/mol. The van der Waals surface area contributed by atoms with Gasteiger partial charge in [-0.2, -0.15) is 18.4 Å². The minimum absolute atomic E-state index is 0.0887. The van der Waals surface area contributed by atoms with E-state index in [1.54, 1.807) is 6.07 Å². The Balaban J connectivity index is 2.77. The first kappa shape index (κ1) is 12.5. The molecule has 0 saturated carbocycles. The van der Waals surface area contributed by atoms with Gasteiger partial charge in [-0.3, -0.25) is 5.32 Å². The zero-order valence-corrected chi connectivity index (χ0v) is 8.05. The Morgan fingerprint density at radius 1 is 1.31 bits per heavy atom. The molecule has 6 heteroatoms. The number of nitrogens with zero attached hydrogens (tertiary/aromatic N) is 1. The van der Waals surface area contributed by atoms with Crippen LogP contribution in [-0.2, 0) is 0 Å². The number of rotatable bonds is 3. The fourth-order valence-corrected chi connectivity index (χ4v) is 1.15. The molecule has 0 aliphatic rings. The van der Waals surface area contributed by atoms with E-state index < -0.39 is 24.6 Å². The van der Waals surface area contributed by atoms with E-state index in [9.17, 15) is 17.6 Å². The van der Waals surface area contributed by atoms with Crippen LogP contribution in [0.2, 0.25) is 0 Å². The molecule has 0 aliphatic carbocycles. The Hall–Kier alpha value is -1.61. The summed E-state index contributed by atoms with van der Waals surface area (Å²) in [7, 11) is 0. The zero-order chi connectivity index (χ0) is 12.2. The van der Waals surface area contributed by atoms with E-state index in [0.717, 1.165) is 6.07 Å². The van der Waals surface area contributed by atoms with Crippen LogP contribution in [0.15, 0.2) is 24.3 Å². The Bertz CT molecular complexity index is 395. The highest BCUT2D eigenvalue weighted by molar-refractivity contribution is 5.25. The van der Waals surface area contributed by atoms with Crippen molar-refractivity contribution in [1.29, 1.82) is 5.26 Å². The predicted octanol–water partition coefficient (Wildman–Crippen LogP) is 2.54. The van der Waals surface area contributed by atoms with Crippen LogP contribution in [0.5, 0.6) is 0 Å². The summed E-state index contributed by atoms with van der Waals surface area (Å²) < 4.78 is 48.9. The third-order valence-electron chi connectivity index (χ3n) is 1.85. The van der Waals surface area contributed by atoms with Crippen LogP contribution in [0, 0.1) is 17.1 Å². The maximum atomic E-state index is 13.2. The van der Waals surface area contributed by atoms with E-state index in [-0.39, 0.29) is 5.56 Å². The van der Waals surface area contributed by atoms with Gasteiger partial charge in [0.05, 0.1) is 12.6 Å². The maximum Gasteiger partial charge on any atom is 0.401 e. The molecular weight excluding hydrogens is 224 g/mol. The molecule has 0 amide bonds.